The molecule has 1 aliphatic heterocycles. The van der Waals surface area contributed by atoms with Crippen LogP contribution in [0.4, 0.5) is 11.4 Å². The number of furan rings is 1. The number of allylic oxidation sites excluding steroid dienone is 3. The normalized spacial score (nSPS) is 17.2. The van der Waals surface area contributed by atoms with Crippen LogP contribution in [0.3, 0.4) is 0 Å². The van der Waals surface area contributed by atoms with Crippen LogP contribution in [-0.4, -0.2) is 4.75 Å². The van der Waals surface area contributed by atoms with Crippen molar-refractivity contribution in [1.82, 2.24) is 0 Å². The number of benzene rings is 8. The van der Waals surface area contributed by atoms with Gasteiger partial charge in [-0.05, 0) is 99.8 Å². The van der Waals surface area contributed by atoms with E-state index in [9.17, 15) is 0 Å². The van der Waals surface area contributed by atoms with Crippen molar-refractivity contribution in [2.45, 2.75) is 22.5 Å². The first-order chi connectivity index (χ1) is 27.6. The summed E-state index contributed by atoms with van der Waals surface area (Å²) in [6.07, 6.45) is 6.97. The van der Waals surface area contributed by atoms with Gasteiger partial charge < -0.3 is 9.32 Å². The molecule has 0 amide bonds. The lowest BCUT2D eigenvalue weighted by molar-refractivity contribution is 0.652. The molecule has 3 heteroatoms. The molecule has 0 saturated heterocycles. The quantitative estimate of drug-likeness (QED) is 0.169. The minimum absolute atomic E-state index is 0.206. The Bertz CT molecular complexity index is 3010. The third-order valence-corrected chi connectivity index (χ3v) is 13.2. The minimum Gasteiger partial charge on any atom is -0.455 e. The van der Waals surface area contributed by atoms with Gasteiger partial charge in [-0.15, -0.1) is 11.8 Å². The van der Waals surface area contributed by atoms with Gasteiger partial charge in [0, 0.05) is 44.0 Å². The molecule has 0 fully saturated rings. The smallest absolute Gasteiger partial charge is 0.143 e. The van der Waals surface area contributed by atoms with Crippen LogP contribution in [0.2, 0.25) is 0 Å². The van der Waals surface area contributed by atoms with Gasteiger partial charge in [0.25, 0.3) is 0 Å². The fourth-order valence-corrected chi connectivity index (χ4v) is 10.5. The highest BCUT2D eigenvalue weighted by atomic mass is 32.2. The topological polar surface area (TPSA) is 16.4 Å². The molecule has 56 heavy (non-hydrogen) atoms. The van der Waals surface area contributed by atoms with E-state index in [0.717, 1.165) is 49.8 Å². The van der Waals surface area contributed by atoms with Crippen LogP contribution in [0, 0.1) is 0 Å². The maximum absolute atomic E-state index is 6.61. The zero-order valence-electron chi connectivity index (χ0n) is 30.9. The first-order valence-corrected chi connectivity index (χ1v) is 20.1. The molecule has 266 valence electrons. The highest BCUT2D eigenvalue weighted by Crippen LogP contribution is 2.60. The average Bonchev–Trinajstić information content (AvgIpc) is 3.80. The number of thioether (sulfide) groups is 1. The summed E-state index contributed by atoms with van der Waals surface area (Å²) in [5.74, 6) is 0.262. The van der Waals surface area contributed by atoms with Crippen LogP contribution in [0.5, 0.6) is 0 Å². The lowest BCUT2D eigenvalue weighted by Gasteiger charge is -2.41. The van der Waals surface area contributed by atoms with Gasteiger partial charge in [-0.3, -0.25) is 0 Å². The van der Waals surface area contributed by atoms with Crippen LogP contribution < -0.4 is 4.90 Å². The molecule has 2 atom stereocenters. The van der Waals surface area contributed by atoms with Crippen LogP contribution in [0.25, 0.3) is 66.1 Å². The Kier molecular flexibility index (Phi) is 7.65. The molecule has 1 aromatic heterocycles. The van der Waals surface area contributed by atoms with E-state index >= 15 is 0 Å². The Morgan fingerprint density at radius 3 is 2.05 bits per heavy atom. The maximum Gasteiger partial charge on any atom is 0.143 e. The zero-order chi connectivity index (χ0) is 37.2. The molecular weight excluding hydrogens is 699 g/mol. The van der Waals surface area contributed by atoms with Gasteiger partial charge in [-0.25, -0.2) is 0 Å². The number of fused-ring (bicyclic) bond motifs is 8. The molecule has 9 aromatic rings. The van der Waals surface area contributed by atoms with Gasteiger partial charge in [0.05, 0.1) is 4.75 Å². The van der Waals surface area contributed by atoms with E-state index in [1.807, 2.05) is 11.8 Å². The predicted octanol–water partition coefficient (Wildman–Crippen LogP) is 15.0. The Labute approximate surface area is 331 Å². The molecule has 11 rings (SSSR count). The van der Waals surface area contributed by atoms with E-state index in [4.69, 9.17) is 4.42 Å². The molecule has 0 N–H and O–H groups in total. The second-order valence-electron chi connectivity index (χ2n) is 15.0. The van der Waals surface area contributed by atoms with E-state index in [1.54, 1.807) is 0 Å². The van der Waals surface area contributed by atoms with Crippen molar-refractivity contribution in [2.24, 2.45) is 0 Å². The first-order valence-electron chi connectivity index (χ1n) is 19.3. The monoisotopic (exact) mass is 735 g/mol. The molecule has 2 heterocycles. The molecule has 0 saturated carbocycles. The van der Waals surface area contributed by atoms with Crippen molar-refractivity contribution < 1.29 is 4.42 Å². The van der Waals surface area contributed by atoms with Crippen molar-refractivity contribution in [3.05, 3.63) is 211 Å². The standard InChI is InChI=1S/C53H37NOS/c1-53-47(45-18-7-8-22-49(45)56-53)20-11-23-50(53)54(41-31-28-38(29-32-41)37-26-24-36(25-27-37)35-12-3-2-4-13-35)42-16-9-15-40(34-42)43-19-10-21-48-51(43)46-33-30-39-14-5-6-17-44(39)52(46)55-48/h2-34,47H,1H3. The Morgan fingerprint density at radius 2 is 1.23 bits per heavy atom. The fourth-order valence-electron chi connectivity index (χ4n) is 8.96. The second kappa shape index (κ2) is 13.0. The summed E-state index contributed by atoms with van der Waals surface area (Å²) in [6, 6.07) is 65.9. The number of anilines is 2. The fraction of sp³-hybridized carbons (Fsp3) is 0.0566. The lowest BCUT2D eigenvalue weighted by Crippen LogP contribution is -2.37. The summed E-state index contributed by atoms with van der Waals surface area (Å²) in [6.45, 7) is 2.42. The number of nitrogens with zero attached hydrogens (tertiary/aromatic N) is 1. The van der Waals surface area contributed by atoms with Gasteiger partial charge in [-0.1, -0.05) is 152 Å². The molecule has 2 aliphatic rings. The number of rotatable bonds is 6. The average molecular weight is 736 g/mol. The maximum atomic E-state index is 6.61. The Morgan fingerprint density at radius 1 is 0.554 bits per heavy atom. The van der Waals surface area contributed by atoms with Gasteiger partial charge >= 0.3 is 0 Å². The summed E-state index contributed by atoms with van der Waals surface area (Å²) < 4.78 is 6.40. The number of hydrogen-bond acceptors (Lipinski definition) is 3. The minimum atomic E-state index is -0.206. The van der Waals surface area contributed by atoms with Crippen LogP contribution in [0.1, 0.15) is 18.4 Å². The second-order valence-corrected chi connectivity index (χ2v) is 16.5. The highest BCUT2D eigenvalue weighted by Gasteiger charge is 2.48. The summed E-state index contributed by atoms with van der Waals surface area (Å²) in [4.78, 5) is 3.84. The molecule has 2 nitrogen and oxygen atoms in total. The van der Waals surface area contributed by atoms with E-state index in [0.29, 0.717) is 0 Å². The van der Waals surface area contributed by atoms with Crippen molar-refractivity contribution in [2.75, 3.05) is 4.90 Å². The van der Waals surface area contributed by atoms with Crippen molar-refractivity contribution >= 4 is 55.8 Å². The van der Waals surface area contributed by atoms with Gasteiger partial charge in [0.2, 0.25) is 0 Å². The molecule has 0 bridgehead atoms. The molecule has 0 radical (unpaired) electrons. The van der Waals surface area contributed by atoms with Crippen LogP contribution in [-0.2, 0) is 0 Å². The summed E-state index contributed by atoms with van der Waals surface area (Å²) in [7, 11) is 0. The molecule has 0 spiro atoms. The van der Waals surface area contributed by atoms with E-state index in [1.165, 1.54) is 43.8 Å². The largest absolute Gasteiger partial charge is 0.455 e. The van der Waals surface area contributed by atoms with Crippen molar-refractivity contribution in [3.8, 4) is 33.4 Å². The van der Waals surface area contributed by atoms with Crippen LogP contribution in [0.15, 0.2) is 215 Å². The zero-order valence-corrected chi connectivity index (χ0v) is 31.7. The third kappa shape index (κ3) is 5.26. The molecule has 2 unspecified atom stereocenters. The SMILES string of the molecule is CC12Sc3ccccc3C1C=CC=C2N(c1ccc(-c2ccc(-c3ccccc3)cc2)cc1)c1cccc(-c2cccc3oc4c5ccccc5ccc4c23)c1. The summed E-state index contributed by atoms with van der Waals surface area (Å²) in [5.41, 5.74) is 13.9. The van der Waals surface area contributed by atoms with E-state index < -0.39 is 0 Å². The number of hydrogen-bond donors (Lipinski definition) is 0. The first kappa shape index (κ1) is 32.8. The highest BCUT2D eigenvalue weighted by molar-refractivity contribution is 8.01. The molecule has 8 aromatic carbocycles. The van der Waals surface area contributed by atoms with Gasteiger partial charge in [0.1, 0.15) is 11.2 Å². The van der Waals surface area contributed by atoms with Gasteiger partial charge in [0.15, 0.2) is 0 Å². The lowest BCUT2D eigenvalue weighted by atomic mass is 9.81. The predicted molar refractivity (Wildman–Crippen MR) is 237 cm³/mol. The van der Waals surface area contributed by atoms with Crippen molar-refractivity contribution in [3.63, 3.8) is 0 Å². The Hall–Kier alpha value is -6.55. The van der Waals surface area contributed by atoms with Crippen molar-refractivity contribution in [1.29, 1.82) is 0 Å². The van der Waals surface area contributed by atoms with Crippen LogP contribution >= 0.6 is 11.8 Å². The van der Waals surface area contributed by atoms with E-state index in [2.05, 4.69) is 212 Å². The van der Waals surface area contributed by atoms with E-state index in [-0.39, 0.29) is 10.7 Å². The Balaban J connectivity index is 1.04. The molecule has 1 aliphatic carbocycles. The summed E-state index contributed by atoms with van der Waals surface area (Å²) >= 11 is 1.98. The molecular formula is C53H37NOS. The van der Waals surface area contributed by atoms with Gasteiger partial charge in [-0.2, -0.15) is 0 Å². The third-order valence-electron chi connectivity index (χ3n) is 11.7. The summed E-state index contributed by atoms with van der Waals surface area (Å²) in [5, 5.41) is 4.60.